The maximum Gasteiger partial charge on any atom is 0.235 e. The number of nitrogens with one attached hydrogen (secondary N) is 1. The van der Waals surface area contributed by atoms with Crippen molar-refractivity contribution in [1.29, 1.82) is 0 Å². The third-order valence-electron chi connectivity index (χ3n) is 2.59. The zero-order valence-electron chi connectivity index (χ0n) is 10.6. The lowest BCUT2D eigenvalue weighted by molar-refractivity contribution is -0.120. The number of carbonyl (C=O) groups excluding carboxylic acids is 1. The Labute approximate surface area is 110 Å². The predicted octanol–water partition coefficient (Wildman–Crippen LogP) is 1.03. The summed E-state index contributed by atoms with van der Waals surface area (Å²) in [7, 11) is -3.39. The molecule has 0 saturated heterocycles. The first-order chi connectivity index (χ1) is 7.34. The molecule has 0 aromatic heterocycles. The largest absolute Gasteiger partial charge is 0.368 e. The van der Waals surface area contributed by atoms with Gasteiger partial charge in [0, 0.05) is 0 Å². The van der Waals surface area contributed by atoms with E-state index in [4.69, 9.17) is 5.73 Å². The van der Waals surface area contributed by atoms with E-state index in [1.54, 1.807) is 6.92 Å². The van der Waals surface area contributed by atoms with Crippen molar-refractivity contribution in [2.75, 3.05) is 5.75 Å². The van der Waals surface area contributed by atoms with Crippen molar-refractivity contribution in [2.24, 2.45) is 11.7 Å². The van der Waals surface area contributed by atoms with Gasteiger partial charge in [0.25, 0.3) is 0 Å². The highest BCUT2D eigenvalue weighted by Crippen LogP contribution is 2.09. The summed E-state index contributed by atoms with van der Waals surface area (Å²) in [6.45, 7) is 5.61. The number of halogens is 1. The van der Waals surface area contributed by atoms with Crippen molar-refractivity contribution >= 4 is 28.3 Å². The second-order valence-corrected chi connectivity index (χ2v) is 5.93. The molecule has 0 aliphatic carbocycles. The van der Waals surface area contributed by atoms with Crippen LogP contribution in [0.4, 0.5) is 0 Å². The van der Waals surface area contributed by atoms with Crippen LogP contribution >= 0.6 is 12.4 Å². The Morgan fingerprint density at radius 2 is 1.88 bits per heavy atom. The van der Waals surface area contributed by atoms with Gasteiger partial charge in [-0.3, -0.25) is 4.79 Å². The first-order valence-electron chi connectivity index (χ1n) is 5.63. The van der Waals surface area contributed by atoms with Crippen molar-refractivity contribution in [3.63, 3.8) is 0 Å². The molecule has 104 valence electrons. The van der Waals surface area contributed by atoms with E-state index in [-0.39, 0.29) is 24.1 Å². The van der Waals surface area contributed by atoms with E-state index in [0.29, 0.717) is 12.8 Å². The molecule has 0 bridgehead atoms. The predicted molar refractivity (Wildman–Crippen MR) is 71.5 cm³/mol. The number of primary amides is 1. The van der Waals surface area contributed by atoms with Crippen LogP contribution in [0.2, 0.25) is 0 Å². The topological polar surface area (TPSA) is 89.3 Å². The Bertz CT molecular complexity index is 320. The van der Waals surface area contributed by atoms with Crippen LogP contribution < -0.4 is 10.5 Å². The fourth-order valence-corrected chi connectivity index (χ4v) is 2.80. The number of rotatable bonds is 8. The van der Waals surface area contributed by atoms with E-state index in [1.165, 1.54) is 0 Å². The minimum Gasteiger partial charge on any atom is -0.368 e. The lowest BCUT2D eigenvalue weighted by atomic mass is 10.00. The molecule has 2 atom stereocenters. The smallest absolute Gasteiger partial charge is 0.235 e. The molecule has 0 aliphatic heterocycles. The maximum atomic E-state index is 11.6. The number of sulfonamides is 1. The molecule has 0 unspecified atom stereocenters. The molecule has 0 spiro atoms. The summed E-state index contributed by atoms with van der Waals surface area (Å²) >= 11 is 0. The van der Waals surface area contributed by atoms with Crippen molar-refractivity contribution in [3.8, 4) is 0 Å². The summed E-state index contributed by atoms with van der Waals surface area (Å²) in [4.78, 5) is 11.1. The van der Waals surface area contributed by atoms with E-state index in [2.05, 4.69) is 4.72 Å². The van der Waals surface area contributed by atoms with Crippen molar-refractivity contribution < 1.29 is 13.2 Å². The third kappa shape index (κ3) is 7.57. The number of unbranched alkanes of at least 4 members (excludes halogenated alkanes) is 1. The highest BCUT2D eigenvalue weighted by atomic mass is 35.5. The second-order valence-electron chi connectivity index (χ2n) is 4.06. The molecule has 3 N–H and O–H groups in total. The number of carbonyl (C=O) groups is 1. The fourth-order valence-electron chi connectivity index (χ4n) is 1.28. The zero-order chi connectivity index (χ0) is 12.8. The van der Waals surface area contributed by atoms with E-state index >= 15 is 0 Å². The molecule has 0 saturated carbocycles. The van der Waals surface area contributed by atoms with Crippen LogP contribution in [0.3, 0.4) is 0 Å². The van der Waals surface area contributed by atoms with Gasteiger partial charge >= 0.3 is 0 Å². The average molecular weight is 287 g/mol. The van der Waals surface area contributed by atoms with Gasteiger partial charge in [0.05, 0.1) is 5.75 Å². The van der Waals surface area contributed by atoms with Gasteiger partial charge in [-0.05, 0) is 12.3 Å². The van der Waals surface area contributed by atoms with Gasteiger partial charge in [0.1, 0.15) is 6.04 Å². The molecule has 0 aromatic rings. The average Bonchev–Trinajstić information content (AvgIpc) is 2.22. The molecule has 0 heterocycles. The highest BCUT2D eigenvalue weighted by Gasteiger charge is 2.26. The minimum atomic E-state index is -3.39. The second kappa shape index (κ2) is 8.72. The van der Waals surface area contributed by atoms with Gasteiger partial charge in [-0.2, -0.15) is 0 Å². The van der Waals surface area contributed by atoms with E-state index in [0.717, 1.165) is 6.42 Å². The zero-order valence-corrected chi connectivity index (χ0v) is 12.2. The van der Waals surface area contributed by atoms with Gasteiger partial charge in [0.2, 0.25) is 15.9 Å². The van der Waals surface area contributed by atoms with Gasteiger partial charge in [-0.15, -0.1) is 12.4 Å². The Balaban J connectivity index is 0. The summed E-state index contributed by atoms with van der Waals surface area (Å²) in [5.74, 6) is -0.660. The summed E-state index contributed by atoms with van der Waals surface area (Å²) < 4.78 is 25.6. The van der Waals surface area contributed by atoms with Gasteiger partial charge in [-0.1, -0.05) is 33.6 Å². The minimum absolute atomic E-state index is 0. The van der Waals surface area contributed by atoms with Crippen LogP contribution in [0.5, 0.6) is 0 Å². The first-order valence-corrected chi connectivity index (χ1v) is 7.28. The highest BCUT2D eigenvalue weighted by molar-refractivity contribution is 7.89. The summed E-state index contributed by atoms with van der Waals surface area (Å²) in [6.07, 6.45) is 2.08. The van der Waals surface area contributed by atoms with Crippen molar-refractivity contribution in [2.45, 2.75) is 46.1 Å². The number of hydrogen-bond donors (Lipinski definition) is 2. The molecular formula is C10H23ClN2O3S. The third-order valence-corrected chi connectivity index (χ3v) is 4.03. The normalized spacial score (nSPS) is 14.8. The van der Waals surface area contributed by atoms with E-state index in [9.17, 15) is 13.2 Å². The van der Waals surface area contributed by atoms with E-state index < -0.39 is 22.0 Å². The number of nitrogens with two attached hydrogens (primary N) is 1. The summed E-state index contributed by atoms with van der Waals surface area (Å²) in [5.41, 5.74) is 5.18. The molecule has 1 amide bonds. The fraction of sp³-hybridized carbons (Fsp3) is 0.900. The van der Waals surface area contributed by atoms with Crippen LogP contribution in [0.25, 0.3) is 0 Å². The first kappa shape index (κ1) is 19.0. The number of amides is 1. The Morgan fingerprint density at radius 3 is 2.24 bits per heavy atom. The van der Waals surface area contributed by atoms with Gasteiger partial charge in [-0.25, -0.2) is 13.1 Å². The molecule has 0 aromatic carbocycles. The molecule has 0 aliphatic rings. The van der Waals surface area contributed by atoms with Crippen LogP contribution in [0.1, 0.15) is 40.0 Å². The van der Waals surface area contributed by atoms with Crippen molar-refractivity contribution in [3.05, 3.63) is 0 Å². The molecular weight excluding hydrogens is 264 g/mol. The SMILES string of the molecule is CCCCS(=O)(=O)N[C@H](C(N)=O)[C@@H](C)CC.Cl. The lowest BCUT2D eigenvalue weighted by Gasteiger charge is -2.20. The summed E-state index contributed by atoms with van der Waals surface area (Å²) in [5, 5.41) is 0. The molecule has 7 heteroatoms. The van der Waals surface area contributed by atoms with Crippen LogP contribution in [0, 0.1) is 5.92 Å². The standard InChI is InChI=1S/C10H22N2O3S.ClH/c1-4-6-7-16(14,15)12-9(10(11)13)8(3)5-2;/h8-9,12H,4-7H2,1-3H3,(H2,11,13);1H/t8-,9-;/m0./s1. The van der Waals surface area contributed by atoms with Crippen LogP contribution in [-0.4, -0.2) is 26.1 Å². The van der Waals surface area contributed by atoms with Crippen molar-refractivity contribution in [1.82, 2.24) is 4.72 Å². The van der Waals surface area contributed by atoms with Gasteiger partial charge < -0.3 is 5.73 Å². The molecule has 5 nitrogen and oxygen atoms in total. The van der Waals surface area contributed by atoms with Crippen LogP contribution in [0.15, 0.2) is 0 Å². The summed E-state index contributed by atoms with van der Waals surface area (Å²) in [6, 6.07) is -0.799. The lowest BCUT2D eigenvalue weighted by Crippen LogP contribution is -2.48. The van der Waals surface area contributed by atoms with Gasteiger partial charge in [0.15, 0.2) is 0 Å². The molecule has 0 radical (unpaired) electrons. The Hall–Kier alpha value is -0.330. The quantitative estimate of drug-likeness (QED) is 0.698. The molecule has 17 heavy (non-hydrogen) atoms. The molecule has 0 fully saturated rings. The monoisotopic (exact) mass is 286 g/mol. The Kier molecular flexibility index (Phi) is 9.75. The molecule has 0 rings (SSSR count). The number of hydrogen-bond acceptors (Lipinski definition) is 3. The van der Waals surface area contributed by atoms with Crippen LogP contribution in [-0.2, 0) is 14.8 Å². The maximum absolute atomic E-state index is 11.6. The Morgan fingerprint density at radius 1 is 1.35 bits per heavy atom. The van der Waals surface area contributed by atoms with E-state index in [1.807, 2.05) is 13.8 Å².